The summed E-state index contributed by atoms with van der Waals surface area (Å²) in [6.45, 7) is 15.9. The van der Waals surface area contributed by atoms with Crippen LogP contribution in [0.3, 0.4) is 0 Å². The van der Waals surface area contributed by atoms with E-state index in [1.54, 1.807) is 0 Å². The van der Waals surface area contributed by atoms with Crippen LogP contribution in [-0.2, 0) is 15.6 Å². The highest BCUT2D eigenvalue weighted by atomic mass is 16.5. The minimum absolute atomic E-state index is 0.155. The largest absolute Gasteiger partial charge is 0.426 e. The molecule has 134 valence electrons. The van der Waals surface area contributed by atoms with E-state index in [-0.39, 0.29) is 22.6 Å². The summed E-state index contributed by atoms with van der Waals surface area (Å²) in [5, 5.41) is 0. The van der Waals surface area contributed by atoms with E-state index in [0.717, 1.165) is 24.0 Å². The van der Waals surface area contributed by atoms with Crippen LogP contribution in [0.1, 0.15) is 96.1 Å². The molecule has 0 saturated heterocycles. The van der Waals surface area contributed by atoms with Gasteiger partial charge < -0.3 is 4.74 Å². The number of ether oxygens (including phenoxy) is 1. The van der Waals surface area contributed by atoms with Gasteiger partial charge in [0.25, 0.3) is 0 Å². The van der Waals surface area contributed by atoms with Crippen LogP contribution in [0.4, 0.5) is 0 Å². The summed E-state index contributed by atoms with van der Waals surface area (Å²) in [7, 11) is 0. The molecule has 0 aromatic heterocycles. The lowest BCUT2D eigenvalue weighted by Gasteiger charge is -2.29. The fourth-order valence-corrected chi connectivity index (χ4v) is 2.64. The molecule has 0 N–H and O–H groups in total. The Hall–Kier alpha value is -1.64. The molecule has 0 amide bonds. The van der Waals surface area contributed by atoms with Crippen LogP contribution in [-0.4, -0.2) is 11.8 Å². The summed E-state index contributed by atoms with van der Waals surface area (Å²) >= 11 is 0. The van der Waals surface area contributed by atoms with E-state index in [9.17, 15) is 9.59 Å². The Morgan fingerprint density at radius 2 is 1.42 bits per heavy atom. The molecule has 0 spiro atoms. The summed E-state index contributed by atoms with van der Waals surface area (Å²) in [5.41, 5.74) is 2.07. The van der Waals surface area contributed by atoms with E-state index in [4.69, 9.17) is 4.74 Å². The molecule has 0 bridgehead atoms. The van der Waals surface area contributed by atoms with Crippen molar-refractivity contribution in [3.8, 4) is 5.75 Å². The monoisotopic (exact) mass is 332 g/mol. The fourth-order valence-electron chi connectivity index (χ4n) is 2.64. The molecule has 1 rings (SSSR count). The van der Waals surface area contributed by atoms with E-state index >= 15 is 0 Å². The second-order valence-electron chi connectivity index (χ2n) is 8.52. The van der Waals surface area contributed by atoms with Gasteiger partial charge in [0.1, 0.15) is 5.75 Å². The molecule has 0 atom stereocenters. The van der Waals surface area contributed by atoms with E-state index < -0.39 is 0 Å². The second kappa shape index (κ2) is 7.50. The number of Topliss-reactive ketones (excluding diaryl/α,β-unsaturated/α-hetero) is 1. The highest BCUT2D eigenvalue weighted by molar-refractivity contribution is 5.97. The molecule has 0 radical (unpaired) electrons. The zero-order valence-corrected chi connectivity index (χ0v) is 16.5. The Labute approximate surface area is 146 Å². The average Bonchev–Trinajstić information content (AvgIpc) is 2.41. The maximum absolute atomic E-state index is 12.6. The summed E-state index contributed by atoms with van der Waals surface area (Å²) < 4.78 is 5.60. The fraction of sp³-hybridized carbons (Fsp3) is 0.619. The number of hydrogen-bond donors (Lipinski definition) is 0. The number of hydrogen-bond acceptors (Lipinski definition) is 3. The normalized spacial score (nSPS) is 12.2. The Balaban J connectivity index is 3.63. The topological polar surface area (TPSA) is 43.4 Å². The number of carbonyl (C=O) groups is 2. The first kappa shape index (κ1) is 20.4. The van der Waals surface area contributed by atoms with Crippen LogP contribution in [0, 0.1) is 0 Å². The first-order valence-corrected chi connectivity index (χ1v) is 8.78. The Bertz CT molecular complexity index is 578. The van der Waals surface area contributed by atoms with Crippen molar-refractivity contribution in [3.63, 3.8) is 0 Å². The zero-order valence-electron chi connectivity index (χ0n) is 16.5. The lowest BCUT2D eigenvalue weighted by Crippen LogP contribution is -2.22. The number of ketones is 1. The van der Waals surface area contributed by atoms with Crippen molar-refractivity contribution >= 4 is 11.8 Å². The van der Waals surface area contributed by atoms with Gasteiger partial charge in [-0.05, 0) is 29.4 Å². The van der Waals surface area contributed by atoms with Gasteiger partial charge in [-0.1, -0.05) is 54.9 Å². The van der Waals surface area contributed by atoms with Crippen molar-refractivity contribution in [2.24, 2.45) is 0 Å². The van der Waals surface area contributed by atoms with Crippen molar-refractivity contribution in [1.29, 1.82) is 0 Å². The molecule has 3 heteroatoms. The number of esters is 1. The highest BCUT2D eigenvalue weighted by Crippen LogP contribution is 2.41. The molecule has 0 aliphatic carbocycles. The maximum atomic E-state index is 12.6. The predicted molar refractivity (Wildman–Crippen MR) is 99.0 cm³/mol. The number of benzene rings is 1. The first-order chi connectivity index (χ1) is 10.9. The van der Waals surface area contributed by atoms with E-state index in [1.165, 1.54) is 6.92 Å². The Morgan fingerprint density at radius 1 is 0.958 bits per heavy atom. The Kier molecular flexibility index (Phi) is 6.38. The minimum atomic E-state index is -0.337. The summed E-state index contributed by atoms with van der Waals surface area (Å²) in [6, 6.07) is 3.82. The third-order valence-corrected chi connectivity index (χ3v) is 4.03. The SMILES string of the molecule is CCCCC(=O)c1cc(C(C)(C)C)c(OC(C)=O)c(C(C)(C)C)c1. The number of rotatable bonds is 5. The van der Waals surface area contributed by atoms with Crippen molar-refractivity contribution < 1.29 is 14.3 Å². The van der Waals surface area contributed by atoms with Gasteiger partial charge >= 0.3 is 5.97 Å². The molecule has 0 saturated carbocycles. The Morgan fingerprint density at radius 3 is 1.75 bits per heavy atom. The number of unbranched alkanes of at least 4 members (excludes halogenated alkanes) is 1. The molecule has 1 aromatic carbocycles. The smallest absolute Gasteiger partial charge is 0.308 e. The van der Waals surface area contributed by atoms with Crippen LogP contribution >= 0.6 is 0 Å². The lowest BCUT2D eigenvalue weighted by atomic mass is 9.77. The highest BCUT2D eigenvalue weighted by Gasteiger charge is 2.29. The summed E-state index contributed by atoms with van der Waals surface area (Å²) in [5.74, 6) is 0.424. The van der Waals surface area contributed by atoms with Crippen molar-refractivity contribution in [2.45, 2.75) is 85.5 Å². The van der Waals surface area contributed by atoms with Gasteiger partial charge in [-0.3, -0.25) is 9.59 Å². The third-order valence-electron chi connectivity index (χ3n) is 4.03. The third kappa shape index (κ3) is 5.19. The summed E-state index contributed by atoms with van der Waals surface area (Å²) in [4.78, 5) is 24.2. The molecule has 0 heterocycles. The van der Waals surface area contributed by atoms with Gasteiger partial charge in [-0.2, -0.15) is 0 Å². The van der Waals surface area contributed by atoms with Crippen molar-refractivity contribution in [1.82, 2.24) is 0 Å². The van der Waals surface area contributed by atoms with Crippen LogP contribution in [0.2, 0.25) is 0 Å². The quantitative estimate of drug-likeness (QED) is 0.401. The molecule has 24 heavy (non-hydrogen) atoms. The molecule has 3 nitrogen and oxygen atoms in total. The summed E-state index contributed by atoms with van der Waals surface area (Å²) in [6.07, 6.45) is 2.44. The average molecular weight is 332 g/mol. The van der Waals surface area contributed by atoms with Gasteiger partial charge in [0.2, 0.25) is 0 Å². The van der Waals surface area contributed by atoms with Crippen LogP contribution in [0.15, 0.2) is 12.1 Å². The molecule has 0 fully saturated rings. The molecular formula is C21H32O3. The molecule has 0 aliphatic heterocycles. The van der Waals surface area contributed by atoms with E-state index in [0.29, 0.717) is 17.7 Å². The van der Waals surface area contributed by atoms with Gasteiger partial charge in [0.05, 0.1) is 0 Å². The van der Waals surface area contributed by atoms with Crippen LogP contribution < -0.4 is 4.74 Å². The number of carbonyl (C=O) groups excluding carboxylic acids is 2. The molecule has 0 unspecified atom stereocenters. The van der Waals surface area contributed by atoms with Crippen molar-refractivity contribution in [3.05, 3.63) is 28.8 Å². The van der Waals surface area contributed by atoms with E-state index in [1.807, 2.05) is 12.1 Å². The van der Waals surface area contributed by atoms with Gasteiger partial charge in [-0.25, -0.2) is 0 Å². The van der Waals surface area contributed by atoms with Crippen molar-refractivity contribution in [2.75, 3.05) is 0 Å². The maximum Gasteiger partial charge on any atom is 0.308 e. The van der Waals surface area contributed by atoms with Gasteiger partial charge in [-0.15, -0.1) is 0 Å². The molecule has 1 aromatic rings. The van der Waals surface area contributed by atoms with E-state index in [2.05, 4.69) is 48.5 Å². The predicted octanol–water partition coefficient (Wildman–Crippen LogP) is 5.58. The minimum Gasteiger partial charge on any atom is -0.426 e. The first-order valence-electron chi connectivity index (χ1n) is 8.78. The zero-order chi connectivity index (χ0) is 18.7. The van der Waals surface area contributed by atoms with Crippen LogP contribution in [0.5, 0.6) is 5.75 Å². The van der Waals surface area contributed by atoms with Gasteiger partial charge in [0.15, 0.2) is 5.78 Å². The standard InChI is InChI=1S/C21H32O3/c1-9-10-11-18(23)15-12-16(20(3,4)5)19(24-14(2)22)17(13-15)21(6,7)8/h12-13H,9-11H2,1-8H3. The second-order valence-corrected chi connectivity index (χ2v) is 8.52. The van der Waals surface area contributed by atoms with Crippen LogP contribution in [0.25, 0.3) is 0 Å². The van der Waals surface area contributed by atoms with Gasteiger partial charge in [0, 0.05) is 30.0 Å². The molecular weight excluding hydrogens is 300 g/mol. The lowest BCUT2D eigenvalue weighted by molar-refractivity contribution is -0.132. The molecule has 0 aliphatic rings.